The monoisotopic (exact) mass is 591 g/mol. The van der Waals surface area contributed by atoms with Crippen LogP contribution in [-0.4, -0.2) is 73.3 Å². The molecule has 4 aliphatic carbocycles. The lowest BCUT2D eigenvalue weighted by Gasteiger charge is -2.58. The van der Waals surface area contributed by atoms with Crippen molar-refractivity contribution in [2.45, 2.75) is 111 Å². The van der Waals surface area contributed by atoms with Gasteiger partial charge in [-0.2, -0.15) is 4.89 Å². The van der Waals surface area contributed by atoms with E-state index in [2.05, 4.69) is 46.0 Å². The molecule has 242 valence electrons. The average molecular weight is 592 g/mol. The Labute approximate surface area is 256 Å². The average Bonchev–Trinajstić information content (AvgIpc) is 3.29. The Kier molecular flexibility index (Phi) is 11.5. The van der Waals surface area contributed by atoms with E-state index in [0.717, 1.165) is 54.8 Å². The molecule has 0 bridgehead atoms. The van der Waals surface area contributed by atoms with Crippen molar-refractivity contribution in [3.8, 4) is 0 Å². The quantitative estimate of drug-likeness (QED) is 0.0931. The van der Waals surface area contributed by atoms with Crippen LogP contribution in [-0.2, 0) is 9.78 Å². The molecule has 4 aliphatic rings. The number of allylic oxidation sites excluding steroid dienone is 1. The minimum absolute atomic E-state index is 0.0420. The highest BCUT2D eigenvalue weighted by molar-refractivity contribution is 5.66. The van der Waals surface area contributed by atoms with E-state index in [4.69, 9.17) is 9.78 Å². The maximum atomic E-state index is 12.3. The van der Waals surface area contributed by atoms with Gasteiger partial charge in [0.2, 0.25) is 0 Å². The Hall–Kier alpha value is -1.15. The van der Waals surface area contributed by atoms with Gasteiger partial charge in [-0.15, -0.1) is 0 Å². The van der Waals surface area contributed by atoms with Crippen LogP contribution in [0.5, 0.6) is 0 Å². The van der Waals surface area contributed by atoms with Crippen LogP contribution in [0.4, 0.5) is 4.79 Å². The predicted octanol–water partition coefficient (Wildman–Crippen LogP) is 6.49. The maximum Gasteiger partial charge on any atom is 0.438 e. The molecule has 0 aliphatic heterocycles. The smallest absolute Gasteiger partial charge is 0.391 e. The minimum Gasteiger partial charge on any atom is -0.391 e. The van der Waals surface area contributed by atoms with Crippen molar-refractivity contribution >= 4 is 6.09 Å². The molecular formula is C35H63N2O5+. The van der Waals surface area contributed by atoms with E-state index in [1.54, 1.807) is 0 Å². The third-order valence-electron chi connectivity index (χ3n) is 12.7. The molecule has 0 aromatic rings. The Morgan fingerprint density at radius 3 is 2.45 bits per heavy atom. The van der Waals surface area contributed by atoms with Gasteiger partial charge in [-0.05, 0) is 97.7 Å². The second kappa shape index (κ2) is 14.3. The number of aliphatic hydroxyl groups excluding tert-OH is 2. The van der Waals surface area contributed by atoms with Gasteiger partial charge in [0.05, 0.1) is 33.4 Å². The number of nitrogens with one attached hydrogen (secondary N) is 1. The molecule has 7 nitrogen and oxygen atoms in total. The van der Waals surface area contributed by atoms with E-state index in [0.29, 0.717) is 36.1 Å². The van der Waals surface area contributed by atoms with Crippen molar-refractivity contribution in [1.29, 1.82) is 0 Å². The molecular weight excluding hydrogens is 528 g/mol. The molecule has 0 saturated heterocycles. The van der Waals surface area contributed by atoms with Crippen LogP contribution in [0.25, 0.3) is 0 Å². The number of hydrogen-bond acceptors (Lipinski definition) is 5. The molecule has 1 amide bonds. The first kappa shape index (κ1) is 33.7. The summed E-state index contributed by atoms with van der Waals surface area (Å²) >= 11 is 0. The molecule has 0 aromatic carbocycles. The Balaban J connectivity index is 1.28. The number of rotatable bonds is 14. The van der Waals surface area contributed by atoms with Gasteiger partial charge in [0, 0.05) is 0 Å². The van der Waals surface area contributed by atoms with E-state index in [1.165, 1.54) is 56.9 Å². The summed E-state index contributed by atoms with van der Waals surface area (Å²) < 4.78 is 0.490. The molecule has 0 radical (unpaired) electrons. The molecule has 3 saturated carbocycles. The van der Waals surface area contributed by atoms with Gasteiger partial charge < -0.3 is 20.0 Å². The van der Waals surface area contributed by atoms with Crippen LogP contribution in [0.2, 0.25) is 0 Å². The number of carbonyl (C=O) groups excluding carboxylic acids is 1. The van der Waals surface area contributed by atoms with Crippen molar-refractivity contribution in [1.82, 2.24) is 5.32 Å². The number of quaternary nitrogens is 1. The molecule has 0 unspecified atom stereocenters. The highest BCUT2D eigenvalue weighted by atomic mass is 17.2. The summed E-state index contributed by atoms with van der Waals surface area (Å²) in [6.45, 7) is 14.6. The standard InChI is InChI=1S/C35H62N2O5/c1-25(2)8-7-9-26(3)30-12-13-31-29-11-10-27-24-28(14-16-34(27,4)32(29)15-17-35(30,31)5)41-42-33(40)36-18-19-37(6,20-22-38)21-23-39/h10,25-26,28-32,38-39H,7-9,11-24H2,1-6H3/p+1/t26-,28+,29+,30-,31+,32+,34+,35-/m1/s1. The first-order chi connectivity index (χ1) is 20.0. The third kappa shape index (κ3) is 7.38. The fourth-order valence-electron chi connectivity index (χ4n) is 10.1. The molecule has 42 heavy (non-hydrogen) atoms. The number of aliphatic hydroxyl groups is 2. The first-order valence-electron chi connectivity index (χ1n) is 17.3. The molecule has 0 heterocycles. The van der Waals surface area contributed by atoms with Crippen LogP contribution >= 0.6 is 0 Å². The van der Waals surface area contributed by atoms with Gasteiger partial charge in [0.25, 0.3) is 0 Å². The number of carbonyl (C=O) groups is 1. The van der Waals surface area contributed by atoms with Crippen molar-refractivity contribution < 1.29 is 29.3 Å². The summed E-state index contributed by atoms with van der Waals surface area (Å²) in [5, 5.41) is 21.4. The highest BCUT2D eigenvalue weighted by Gasteiger charge is 2.59. The van der Waals surface area contributed by atoms with Gasteiger partial charge >= 0.3 is 6.09 Å². The van der Waals surface area contributed by atoms with Gasteiger partial charge in [-0.1, -0.05) is 65.5 Å². The van der Waals surface area contributed by atoms with Crippen molar-refractivity contribution in [3.63, 3.8) is 0 Å². The van der Waals surface area contributed by atoms with Crippen molar-refractivity contribution in [2.24, 2.45) is 46.3 Å². The summed E-state index contributed by atoms with van der Waals surface area (Å²) in [4.78, 5) is 23.2. The van der Waals surface area contributed by atoms with Gasteiger partial charge in [0.15, 0.2) is 0 Å². The predicted molar refractivity (Wildman–Crippen MR) is 167 cm³/mol. The molecule has 0 aromatic heterocycles. The zero-order chi connectivity index (χ0) is 30.5. The lowest BCUT2D eigenvalue weighted by molar-refractivity contribution is -0.908. The van der Waals surface area contributed by atoms with E-state index in [9.17, 15) is 15.0 Å². The van der Waals surface area contributed by atoms with Crippen LogP contribution in [0, 0.1) is 46.3 Å². The second-order valence-corrected chi connectivity index (χ2v) is 15.8. The fraction of sp³-hybridized carbons (Fsp3) is 0.914. The van der Waals surface area contributed by atoms with E-state index >= 15 is 0 Å². The SMILES string of the molecule is CC(C)CCC[C@@H](C)[C@H]1CC[C@H]2[C@@H]3CC=C4C[C@@H](OOC(=O)NCC[N+](C)(CCO)CCO)CC[C@]4(C)[C@H]3CC[C@]12C. The van der Waals surface area contributed by atoms with Gasteiger partial charge in [0.1, 0.15) is 19.2 Å². The summed E-state index contributed by atoms with van der Waals surface area (Å²) in [5.74, 6) is 4.98. The molecule has 8 atom stereocenters. The Morgan fingerprint density at radius 1 is 1.02 bits per heavy atom. The van der Waals surface area contributed by atoms with Crippen molar-refractivity contribution in [2.75, 3.05) is 46.4 Å². The first-order valence-corrected chi connectivity index (χ1v) is 17.3. The van der Waals surface area contributed by atoms with E-state index in [1.807, 2.05) is 7.05 Å². The summed E-state index contributed by atoms with van der Waals surface area (Å²) in [7, 11) is 1.96. The highest BCUT2D eigenvalue weighted by Crippen LogP contribution is 2.67. The largest absolute Gasteiger partial charge is 0.438 e. The number of nitrogens with zero attached hydrogens (tertiary/aromatic N) is 1. The van der Waals surface area contributed by atoms with Gasteiger partial charge in [-0.25, -0.2) is 4.79 Å². The molecule has 3 N–H and O–H groups in total. The summed E-state index contributed by atoms with van der Waals surface area (Å²) in [5.41, 5.74) is 2.29. The number of hydrogen-bond donors (Lipinski definition) is 3. The normalized spacial score (nSPS) is 35.2. The third-order valence-corrected chi connectivity index (χ3v) is 12.7. The molecule has 3 fully saturated rings. The van der Waals surface area contributed by atoms with E-state index in [-0.39, 0.29) is 24.7 Å². The topological polar surface area (TPSA) is 88.0 Å². The summed E-state index contributed by atoms with van der Waals surface area (Å²) in [6.07, 6.45) is 15.7. The Bertz CT molecular complexity index is 917. The molecule has 0 spiro atoms. The zero-order valence-electron chi connectivity index (χ0n) is 27.7. The number of likely N-dealkylation sites (N-methyl/N-ethyl adjacent to an activating group) is 1. The number of amides is 1. The second-order valence-electron chi connectivity index (χ2n) is 15.8. The Morgan fingerprint density at radius 2 is 1.76 bits per heavy atom. The van der Waals surface area contributed by atoms with Crippen molar-refractivity contribution in [3.05, 3.63) is 11.6 Å². The summed E-state index contributed by atoms with van der Waals surface area (Å²) in [6, 6.07) is 0. The fourth-order valence-corrected chi connectivity index (χ4v) is 10.1. The zero-order valence-corrected chi connectivity index (χ0v) is 27.7. The minimum atomic E-state index is -0.568. The van der Waals surface area contributed by atoms with Crippen LogP contribution in [0.3, 0.4) is 0 Å². The molecule has 7 heteroatoms. The maximum absolute atomic E-state index is 12.3. The van der Waals surface area contributed by atoms with Crippen LogP contribution in [0.15, 0.2) is 11.6 Å². The van der Waals surface area contributed by atoms with E-state index < -0.39 is 6.09 Å². The number of fused-ring (bicyclic) bond motifs is 5. The molecule has 4 rings (SSSR count). The lowest BCUT2D eigenvalue weighted by Crippen LogP contribution is -2.52. The lowest BCUT2D eigenvalue weighted by atomic mass is 9.47. The van der Waals surface area contributed by atoms with Crippen LogP contribution < -0.4 is 5.32 Å². The van der Waals surface area contributed by atoms with Gasteiger partial charge in [-0.3, -0.25) is 4.89 Å². The van der Waals surface area contributed by atoms with Crippen LogP contribution in [0.1, 0.15) is 105 Å².